The normalized spacial score (nSPS) is 14.0. The molecule has 0 spiro atoms. The minimum atomic E-state index is -0.531. The number of hydrogen-bond donors (Lipinski definition) is 0. The summed E-state index contributed by atoms with van der Waals surface area (Å²) in [6, 6.07) is 0. The van der Waals surface area contributed by atoms with E-state index in [4.69, 9.17) is 4.42 Å². The Hall–Kier alpha value is -1.85. The summed E-state index contributed by atoms with van der Waals surface area (Å²) in [5.74, 6) is 0.183. The van der Waals surface area contributed by atoms with Gasteiger partial charge in [0.25, 0.3) is 0 Å². The smallest absolute Gasteiger partial charge is 0.360 e. The lowest BCUT2D eigenvalue weighted by molar-refractivity contribution is -0.133. The van der Waals surface area contributed by atoms with E-state index in [9.17, 15) is 9.59 Å². The van der Waals surface area contributed by atoms with Crippen molar-refractivity contribution in [1.29, 1.82) is 0 Å². The van der Waals surface area contributed by atoms with Gasteiger partial charge >= 0.3 is 5.97 Å². The second kappa shape index (κ2) is 7.24. The number of carbonyl (C=O) groups is 2. The molecule has 0 N–H and O–H groups in total. The maximum absolute atomic E-state index is 12.3. The average Bonchev–Trinajstić information content (AvgIpc) is 3.24. The number of carbonyl (C=O) groups excluding carboxylic acids is 2. The molecule has 0 aliphatic heterocycles. The van der Waals surface area contributed by atoms with Gasteiger partial charge in [0.05, 0.1) is 13.7 Å². The molecule has 1 aromatic heterocycles. The number of esters is 1. The lowest BCUT2D eigenvalue weighted by Crippen LogP contribution is -2.32. The van der Waals surface area contributed by atoms with Crippen LogP contribution in [-0.2, 0) is 16.1 Å². The predicted molar refractivity (Wildman–Crippen MR) is 75.5 cm³/mol. The van der Waals surface area contributed by atoms with Gasteiger partial charge in [0.1, 0.15) is 6.26 Å². The first-order chi connectivity index (χ1) is 10.2. The summed E-state index contributed by atoms with van der Waals surface area (Å²) in [6.45, 7) is 3.15. The van der Waals surface area contributed by atoms with E-state index in [0.29, 0.717) is 19.0 Å². The standard InChI is InChI=1S/C15H22N2O4/c1-3-4-5-8-17(14(18)11-6-7-11)9-13-16-12(10-21-13)15(19)20-2/h10-11H,3-9H2,1-2H3. The van der Waals surface area contributed by atoms with Gasteiger partial charge in [0.2, 0.25) is 11.8 Å². The van der Waals surface area contributed by atoms with E-state index in [1.54, 1.807) is 4.90 Å². The summed E-state index contributed by atoms with van der Waals surface area (Å²) in [4.78, 5) is 29.5. The van der Waals surface area contributed by atoms with Crippen LogP contribution < -0.4 is 0 Å². The third kappa shape index (κ3) is 4.31. The second-order valence-electron chi connectivity index (χ2n) is 5.36. The lowest BCUT2D eigenvalue weighted by atomic mass is 10.2. The maximum atomic E-state index is 12.3. The molecular formula is C15H22N2O4. The van der Waals surface area contributed by atoms with Gasteiger partial charge in [0, 0.05) is 12.5 Å². The highest BCUT2D eigenvalue weighted by atomic mass is 16.5. The Morgan fingerprint density at radius 3 is 2.81 bits per heavy atom. The van der Waals surface area contributed by atoms with Crippen LogP contribution in [0, 0.1) is 5.92 Å². The number of methoxy groups -OCH3 is 1. The van der Waals surface area contributed by atoms with Crippen molar-refractivity contribution in [3.05, 3.63) is 17.8 Å². The molecule has 1 aromatic rings. The highest BCUT2D eigenvalue weighted by Gasteiger charge is 2.33. The highest BCUT2D eigenvalue weighted by Crippen LogP contribution is 2.31. The van der Waals surface area contributed by atoms with E-state index in [-0.39, 0.29) is 17.5 Å². The fraction of sp³-hybridized carbons (Fsp3) is 0.667. The minimum Gasteiger partial charge on any atom is -0.464 e. The number of aromatic nitrogens is 1. The van der Waals surface area contributed by atoms with Gasteiger partial charge in [-0.1, -0.05) is 19.8 Å². The summed E-state index contributed by atoms with van der Waals surface area (Å²) in [5, 5.41) is 0. The topological polar surface area (TPSA) is 72.6 Å². The zero-order valence-electron chi connectivity index (χ0n) is 12.6. The van der Waals surface area contributed by atoms with Crippen molar-refractivity contribution in [1.82, 2.24) is 9.88 Å². The van der Waals surface area contributed by atoms with E-state index in [1.807, 2.05) is 0 Å². The fourth-order valence-corrected chi connectivity index (χ4v) is 2.15. The van der Waals surface area contributed by atoms with Crippen LogP contribution in [-0.4, -0.2) is 35.4 Å². The molecule has 21 heavy (non-hydrogen) atoms. The average molecular weight is 294 g/mol. The molecule has 0 bridgehead atoms. The van der Waals surface area contributed by atoms with E-state index >= 15 is 0 Å². The first kappa shape index (κ1) is 15.5. The summed E-state index contributed by atoms with van der Waals surface area (Å²) in [7, 11) is 1.30. The van der Waals surface area contributed by atoms with Gasteiger partial charge in [-0.2, -0.15) is 0 Å². The number of unbranched alkanes of at least 4 members (excludes halogenated alkanes) is 2. The minimum absolute atomic E-state index is 0.139. The van der Waals surface area contributed by atoms with Crippen molar-refractivity contribution in [3.8, 4) is 0 Å². The van der Waals surface area contributed by atoms with E-state index in [1.165, 1.54) is 13.4 Å². The third-order valence-corrected chi connectivity index (χ3v) is 3.54. The van der Waals surface area contributed by atoms with Crippen LogP contribution in [0.4, 0.5) is 0 Å². The van der Waals surface area contributed by atoms with Crippen molar-refractivity contribution in [2.24, 2.45) is 5.92 Å². The van der Waals surface area contributed by atoms with Crippen LogP contribution in [0.2, 0.25) is 0 Å². The van der Waals surface area contributed by atoms with Crippen molar-refractivity contribution in [2.75, 3.05) is 13.7 Å². The van der Waals surface area contributed by atoms with Crippen molar-refractivity contribution in [2.45, 2.75) is 45.6 Å². The van der Waals surface area contributed by atoms with E-state index in [0.717, 1.165) is 32.1 Å². The number of ether oxygens (including phenoxy) is 1. The molecule has 0 saturated heterocycles. The van der Waals surface area contributed by atoms with E-state index in [2.05, 4.69) is 16.6 Å². The number of nitrogens with zero attached hydrogens (tertiary/aromatic N) is 2. The van der Waals surface area contributed by atoms with Gasteiger partial charge in [-0.25, -0.2) is 9.78 Å². The largest absolute Gasteiger partial charge is 0.464 e. The Kier molecular flexibility index (Phi) is 5.36. The molecule has 1 aliphatic rings. The molecule has 6 nitrogen and oxygen atoms in total. The number of hydrogen-bond acceptors (Lipinski definition) is 5. The molecule has 0 aromatic carbocycles. The van der Waals surface area contributed by atoms with Crippen LogP contribution in [0.1, 0.15) is 55.4 Å². The molecule has 1 fully saturated rings. The number of amides is 1. The molecule has 1 amide bonds. The SMILES string of the molecule is CCCCCN(Cc1nc(C(=O)OC)co1)C(=O)C1CC1. The van der Waals surface area contributed by atoms with Gasteiger partial charge < -0.3 is 14.1 Å². The third-order valence-electron chi connectivity index (χ3n) is 3.54. The molecular weight excluding hydrogens is 272 g/mol. The molecule has 1 aliphatic carbocycles. The molecule has 1 heterocycles. The maximum Gasteiger partial charge on any atom is 0.360 e. The van der Waals surface area contributed by atoms with Crippen molar-refractivity contribution in [3.63, 3.8) is 0 Å². The molecule has 0 radical (unpaired) electrons. The number of rotatable bonds is 8. The van der Waals surface area contributed by atoms with Crippen LogP contribution in [0.3, 0.4) is 0 Å². The Balaban J connectivity index is 1.97. The lowest BCUT2D eigenvalue weighted by Gasteiger charge is -2.21. The zero-order valence-corrected chi connectivity index (χ0v) is 12.6. The highest BCUT2D eigenvalue weighted by molar-refractivity contribution is 5.86. The van der Waals surface area contributed by atoms with Gasteiger partial charge in [-0.05, 0) is 19.3 Å². The summed E-state index contributed by atoms with van der Waals surface area (Å²) < 4.78 is 9.86. The fourth-order valence-electron chi connectivity index (χ4n) is 2.15. The quantitative estimate of drug-likeness (QED) is 0.543. The van der Waals surface area contributed by atoms with Gasteiger partial charge in [-0.15, -0.1) is 0 Å². The van der Waals surface area contributed by atoms with Crippen LogP contribution in [0.5, 0.6) is 0 Å². The van der Waals surface area contributed by atoms with E-state index < -0.39 is 5.97 Å². The van der Waals surface area contributed by atoms with Gasteiger partial charge in [-0.3, -0.25) is 4.79 Å². The van der Waals surface area contributed by atoms with Crippen LogP contribution in [0.15, 0.2) is 10.7 Å². The molecule has 116 valence electrons. The monoisotopic (exact) mass is 294 g/mol. The van der Waals surface area contributed by atoms with Gasteiger partial charge in [0.15, 0.2) is 5.69 Å². The molecule has 0 atom stereocenters. The Labute approximate surface area is 124 Å². The predicted octanol–water partition coefficient (Wildman–Crippen LogP) is 2.39. The van der Waals surface area contributed by atoms with Crippen LogP contribution in [0.25, 0.3) is 0 Å². The summed E-state index contributed by atoms with van der Waals surface area (Å²) in [5.41, 5.74) is 0.139. The first-order valence-electron chi connectivity index (χ1n) is 7.47. The zero-order chi connectivity index (χ0) is 15.2. The van der Waals surface area contributed by atoms with Crippen LogP contribution >= 0.6 is 0 Å². The Morgan fingerprint density at radius 2 is 2.19 bits per heavy atom. The molecule has 6 heteroatoms. The summed E-state index contributed by atoms with van der Waals surface area (Å²) >= 11 is 0. The van der Waals surface area contributed by atoms with Crippen molar-refractivity contribution < 1.29 is 18.7 Å². The first-order valence-corrected chi connectivity index (χ1v) is 7.47. The number of oxazole rings is 1. The second-order valence-corrected chi connectivity index (χ2v) is 5.36. The Morgan fingerprint density at radius 1 is 1.43 bits per heavy atom. The summed E-state index contributed by atoms with van der Waals surface area (Å²) in [6.07, 6.45) is 6.39. The molecule has 1 saturated carbocycles. The van der Waals surface area contributed by atoms with Crippen molar-refractivity contribution >= 4 is 11.9 Å². The molecule has 2 rings (SSSR count). The molecule has 0 unspecified atom stereocenters. The Bertz CT molecular complexity index is 494.